The highest BCUT2D eigenvalue weighted by atomic mass is 16.1. The van der Waals surface area contributed by atoms with Crippen molar-refractivity contribution in [2.45, 2.75) is 0 Å². The number of nitrogens with one attached hydrogen (secondary N) is 1. The summed E-state index contributed by atoms with van der Waals surface area (Å²) in [6, 6.07) is 6.65. The van der Waals surface area contributed by atoms with Gasteiger partial charge in [0.25, 0.3) is 5.91 Å². The van der Waals surface area contributed by atoms with Gasteiger partial charge >= 0.3 is 0 Å². The molecule has 0 unspecified atom stereocenters. The van der Waals surface area contributed by atoms with Gasteiger partial charge in [-0.25, -0.2) is 9.97 Å². The minimum absolute atomic E-state index is 0.306. The fraction of sp³-hybridized carbons (Fsp3) is 0. The number of hydrogen-bond donors (Lipinski definition) is 2. The van der Waals surface area contributed by atoms with Crippen LogP contribution in [0, 0.1) is 11.3 Å². The van der Waals surface area contributed by atoms with E-state index in [0.717, 1.165) is 0 Å². The molecule has 0 spiro atoms. The number of rotatable bonds is 2. The van der Waals surface area contributed by atoms with Crippen molar-refractivity contribution in [1.82, 2.24) is 9.97 Å². The van der Waals surface area contributed by atoms with Crippen molar-refractivity contribution >= 4 is 17.3 Å². The topological polar surface area (TPSA) is 105 Å². The van der Waals surface area contributed by atoms with Gasteiger partial charge in [0.15, 0.2) is 0 Å². The highest BCUT2D eigenvalue weighted by Gasteiger charge is 2.09. The van der Waals surface area contributed by atoms with Gasteiger partial charge in [0.05, 0.1) is 16.8 Å². The van der Waals surface area contributed by atoms with Crippen LogP contribution in [0.1, 0.15) is 15.9 Å². The minimum atomic E-state index is -0.378. The van der Waals surface area contributed by atoms with E-state index in [1.165, 1.54) is 24.8 Å². The van der Waals surface area contributed by atoms with Gasteiger partial charge in [-0.15, -0.1) is 0 Å². The molecule has 1 heterocycles. The Morgan fingerprint density at radius 1 is 1.33 bits per heavy atom. The Morgan fingerprint density at radius 3 is 2.72 bits per heavy atom. The molecule has 0 aliphatic rings. The summed E-state index contributed by atoms with van der Waals surface area (Å²) in [6.07, 6.45) is 4.12. The molecule has 0 saturated heterocycles. The lowest BCUT2D eigenvalue weighted by Crippen LogP contribution is -2.13. The second-order valence-electron chi connectivity index (χ2n) is 3.50. The molecular formula is C12H9N5O. The van der Waals surface area contributed by atoms with Crippen LogP contribution in [0.4, 0.5) is 11.4 Å². The van der Waals surface area contributed by atoms with Crippen molar-refractivity contribution in [2.24, 2.45) is 0 Å². The fourth-order valence-electron chi connectivity index (χ4n) is 1.37. The Balaban J connectivity index is 2.25. The lowest BCUT2D eigenvalue weighted by molar-refractivity contribution is 0.102. The Hall–Kier alpha value is -2.94. The molecule has 3 N–H and O–H groups in total. The molecule has 1 amide bonds. The second kappa shape index (κ2) is 4.93. The zero-order chi connectivity index (χ0) is 13.0. The molecule has 2 aromatic rings. The standard InChI is InChI=1S/C12H9N5O/c13-4-8-3-10(14)1-2-11(8)17-12(18)9-5-15-7-16-6-9/h1-3,5-7H,14H2,(H,17,18). The molecule has 6 heteroatoms. The summed E-state index contributed by atoms with van der Waals surface area (Å²) in [5, 5.41) is 11.6. The third kappa shape index (κ3) is 2.41. The van der Waals surface area contributed by atoms with E-state index in [1.54, 1.807) is 12.1 Å². The van der Waals surface area contributed by atoms with Gasteiger partial charge in [0, 0.05) is 18.1 Å². The Morgan fingerprint density at radius 2 is 2.06 bits per heavy atom. The molecule has 6 nitrogen and oxygen atoms in total. The molecule has 1 aromatic carbocycles. The molecule has 0 radical (unpaired) electrons. The Labute approximate surface area is 103 Å². The average molecular weight is 239 g/mol. The van der Waals surface area contributed by atoms with Gasteiger partial charge in [0.2, 0.25) is 0 Å². The molecule has 2 rings (SSSR count). The first-order chi connectivity index (χ1) is 8.70. The van der Waals surface area contributed by atoms with E-state index in [4.69, 9.17) is 11.0 Å². The van der Waals surface area contributed by atoms with Crippen LogP contribution in [0.3, 0.4) is 0 Å². The largest absolute Gasteiger partial charge is 0.399 e. The molecule has 0 aliphatic heterocycles. The maximum absolute atomic E-state index is 11.8. The van der Waals surface area contributed by atoms with Gasteiger partial charge in [0.1, 0.15) is 12.4 Å². The highest BCUT2D eigenvalue weighted by molar-refractivity contribution is 6.04. The SMILES string of the molecule is N#Cc1cc(N)ccc1NC(=O)c1cncnc1. The van der Waals surface area contributed by atoms with Crippen LogP contribution >= 0.6 is 0 Å². The second-order valence-corrected chi connectivity index (χ2v) is 3.50. The number of aromatic nitrogens is 2. The number of carbonyl (C=O) groups is 1. The fourth-order valence-corrected chi connectivity index (χ4v) is 1.37. The van der Waals surface area contributed by atoms with E-state index >= 15 is 0 Å². The average Bonchev–Trinajstić information content (AvgIpc) is 2.41. The molecule has 0 fully saturated rings. The van der Waals surface area contributed by atoms with Gasteiger partial charge in [-0.2, -0.15) is 5.26 Å². The summed E-state index contributed by atoms with van der Waals surface area (Å²) in [5.41, 5.74) is 7.05. The summed E-state index contributed by atoms with van der Waals surface area (Å²) < 4.78 is 0. The molecule has 1 aromatic heterocycles. The number of benzene rings is 1. The van der Waals surface area contributed by atoms with Crippen LogP contribution in [-0.2, 0) is 0 Å². The smallest absolute Gasteiger partial charge is 0.258 e. The lowest BCUT2D eigenvalue weighted by atomic mass is 10.1. The summed E-state index contributed by atoms with van der Waals surface area (Å²) in [6.45, 7) is 0. The van der Waals surface area contributed by atoms with Gasteiger partial charge < -0.3 is 11.1 Å². The molecule has 18 heavy (non-hydrogen) atoms. The molecule has 0 saturated carbocycles. The van der Waals surface area contributed by atoms with Gasteiger partial charge in [-0.05, 0) is 18.2 Å². The summed E-state index contributed by atoms with van der Waals surface area (Å²) >= 11 is 0. The summed E-state index contributed by atoms with van der Waals surface area (Å²) in [4.78, 5) is 19.3. The summed E-state index contributed by atoms with van der Waals surface area (Å²) in [5.74, 6) is -0.378. The van der Waals surface area contributed by atoms with Crippen molar-refractivity contribution in [1.29, 1.82) is 5.26 Å². The normalized spacial score (nSPS) is 9.50. The van der Waals surface area contributed by atoms with Gasteiger partial charge in [-0.3, -0.25) is 4.79 Å². The quantitative estimate of drug-likeness (QED) is 0.765. The molecule has 0 bridgehead atoms. The number of nitrogens with zero attached hydrogens (tertiary/aromatic N) is 3. The maximum atomic E-state index is 11.8. The monoisotopic (exact) mass is 239 g/mol. The number of nitrogen functional groups attached to an aromatic ring is 1. The Kier molecular flexibility index (Phi) is 3.16. The summed E-state index contributed by atoms with van der Waals surface area (Å²) in [7, 11) is 0. The van der Waals surface area contributed by atoms with Crippen LogP contribution in [-0.4, -0.2) is 15.9 Å². The molecule has 88 valence electrons. The van der Waals surface area contributed by atoms with E-state index in [0.29, 0.717) is 22.5 Å². The van der Waals surface area contributed by atoms with E-state index in [2.05, 4.69) is 15.3 Å². The van der Waals surface area contributed by atoms with E-state index in [-0.39, 0.29) is 5.91 Å². The molecular weight excluding hydrogens is 230 g/mol. The van der Waals surface area contributed by atoms with Crippen LogP contribution in [0.15, 0.2) is 36.9 Å². The van der Waals surface area contributed by atoms with Crippen molar-refractivity contribution in [3.8, 4) is 6.07 Å². The van der Waals surface area contributed by atoms with E-state index < -0.39 is 0 Å². The predicted molar refractivity (Wildman–Crippen MR) is 65.6 cm³/mol. The van der Waals surface area contributed by atoms with Crippen LogP contribution in [0.2, 0.25) is 0 Å². The third-order valence-corrected chi connectivity index (χ3v) is 2.24. The van der Waals surface area contributed by atoms with Crippen LogP contribution in [0.5, 0.6) is 0 Å². The van der Waals surface area contributed by atoms with Crippen LogP contribution < -0.4 is 11.1 Å². The van der Waals surface area contributed by atoms with Crippen molar-refractivity contribution in [3.63, 3.8) is 0 Å². The molecule has 0 aliphatic carbocycles. The van der Waals surface area contributed by atoms with Crippen molar-refractivity contribution < 1.29 is 4.79 Å². The van der Waals surface area contributed by atoms with Crippen LogP contribution in [0.25, 0.3) is 0 Å². The number of carbonyl (C=O) groups excluding carboxylic acids is 1. The maximum Gasteiger partial charge on any atom is 0.258 e. The predicted octanol–water partition coefficient (Wildman–Crippen LogP) is 1.18. The number of anilines is 2. The van der Waals surface area contributed by atoms with Gasteiger partial charge in [-0.1, -0.05) is 0 Å². The van der Waals surface area contributed by atoms with E-state index in [1.807, 2.05) is 6.07 Å². The zero-order valence-electron chi connectivity index (χ0n) is 9.29. The lowest BCUT2D eigenvalue weighted by Gasteiger charge is -2.07. The number of nitrogens with two attached hydrogens (primary N) is 1. The number of nitriles is 1. The zero-order valence-corrected chi connectivity index (χ0v) is 9.29. The van der Waals surface area contributed by atoms with Crippen molar-refractivity contribution in [2.75, 3.05) is 11.1 Å². The Bertz CT molecular complexity index is 618. The first-order valence-corrected chi connectivity index (χ1v) is 5.06. The van der Waals surface area contributed by atoms with Crippen molar-refractivity contribution in [3.05, 3.63) is 48.0 Å². The number of amides is 1. The first-order valence-electron chi connectivity index (χ1n) is 5.06. The van der Waals surface area contributed by atoms with E-state index in [9.17, 15) is 4.79 Å². The minimum Gasteiger partial charge on any atom is -0.399 e. The third-order valence-electron chi connectivity index (χ3n) is 2.24. The highest BCUT2D eigenvalue weighted by Crippen LogP contribution is 2.18. The number of hydrogen-bond acceptors (Lipinski definition) is 5. The molecule has 0 atom stereocenters. The first kappa shape index (κ1) is 11.5.